The van der Waals surface area contributed by atoms with E-state index in [9.17, 15) is 4.79 Å². The molecule has 2 aliphatic rings. The number of nitrogens with zero attached hydrogens (tertiary/aromatic N) is 3. The Balaban J connectivity index is 1.73. The number of rotatable bonds is 2. The summed E-state index contributed by atoms with van der Waals surface area (Å²) in [5.74, 6) is 0.0520. The van der Waals surface area contributed by atoms with Gasteiger partial charge in [-0.3, -0.25) is 4.79 Å². The van der Waals surface area contributed by atoms with E-state index in [1.165, 1.54) is 5.69 Å². The Morgan fingerprint density at radius 3 is 2.64 bits per heavy atom. The van der Waals surface area contributed by atoms with Gasteiger partial charge in [0.05, 0.1) is 18.9 Å². The zero-order valence-electron chi connectivity index (χ0n) is 12.5. The number of aromatic nitrogens is 2. The van der Waals surface area contributed by atoms with Gasteiger partial charge < -0.3 is 9.64 Å². The SMILES string of the molecule is O=C(c1nn(-c2ccccc2)c2c1CCC2)N1CCOCC1. The molecular weight excluding hydrogens is 278 g/mol. The van der Waals surface area contributed by atoms with E-state index in [0.717, 1.165) is 30.5 Å². The van der Waals surface area contributed by atoms with Crippen molar-refractivity contribution < 1.29 is 9.53 Å². The summed E-state index contributed by atoms with van der Waals surface area (Å²) in [5.41, 5.74) is 4.00. The van der Waals surface area contributed by atoms with E-state index in [-0.39, 0.29) is 5.91 Å². The standard InChI is InChI=1S/C17H19N3O2/c21-17(19-9-11-22-12-10-19)16-14-7-4-8-15(14)20(18-16)13-5-2-1-3-6-13/h1-3,5-6H,4,7-12H2. The maximum Gasteiger partial charge on any atom is 0.274 e. The van der Waals surface area contributed by atoms with Crippen LogP contribution in [0.1, 0.15) is 28.2 Å². The van der Waals surface area contributed by atoms with Crippen molar-refractivity contribution in [3.63, 3.8) is 0 Å². The van der Waals surface area contributed by atoms with E-state index >= 15 is 0 Å². The van der Waals surface area contributed by atoms with Crippen molar-refractivity contribution in [3.8, 4) is 5.69 Å². The first-order valence-corrected chi connectivity index (χ1v) is 7.88. The molecule has 5 heteroatoms. The van der Waals surface area contributed by atoms with Gasteiger partial charge in [-0.1, -0.05) is 18.2 Å². The van der Waals surface area contributed by atoms with Crippen LogP contribution in [0.15, 0.2) is 30.3 Å². The Hall–Kier alpha value is -2.14. The average molecular weight is 297 g/mol. The molecule has 1 aromatic carbocycles. The Labute approximate surface area is 129 Å². The lowest BCUT2D eigenvalue weighted by Crippen LogP contribution is -2.41. The molecular formula is C17H19N3O2. The predicted octanol–water partition coefficient (Wildman–Crippen LogP) is 1.83. The topological polar surface area (TPSA) is 47.4 Å². The highest BCUT2D eigenvalue weighted by Gasteiger charge is 2.30. The van der Waals surface area contributed by atoms with Crippen molar-refractivity contribution in [2.24, 2.45) is 0 Å². The monoisotopic (exact) mass is 297 g/mol. The minimum absolute atomic E-state index is 0.0520. The molecule has 1 aliphatic carbocycles. The molecule has 22 heavy (non-hydrogen) atoms. The van der Waals surface area contributed by atoms with Crippen LogP contribution in [0.2, 0.25) is 0 Å². The Morgan fingerprint density at radius 2 is 1.86 bits per heavy atom. The zero-order valence-corrected chi connectivity index (χ0v) is 12.5. The third-order valence-electron chi connectivity index (χ3n) is 4.43. The van der Waals surface area contributed by atoms with Crippen LogP contribution in [0.5, 0.6) is 0 Å². The number of carbonyl (C=O) groups is 1. The molecule has 0 atom stereocenters. The van der Waals surface area contributed by atoms with Crippen LogP contribution in [0.3, 0.4) is 0 Å². The Bertz CT molecular complexity index is 687. The van der Waals surface area contributed by atoms with Crippen LogP contribution >= 0.6 is 0 Å². The molecule has 1 fully saturated rings. The molecule has 2 heterocycles. The van der Waals surface area contributed by atoms with Gasteiger partial charge in [-0.05, 0) is 31.4 Å². The molecule has 0 N–H and O–H groups in total. The summed E-state index contributed by atoms with van der Waals surface area (Å²) in [6.45, 7) is 2.55. The number of hydrogen-bond acceptors (Lipinski definition) is 3. The van der Waals surface area contributed by atoms with E-state index in [0.29, 0.717) is 32.0 Å². The normalized spacial score (nSPS) is 17.5. The fourth-order valence-electron chi connectivity index (χ4n) is 3.31. The van der Waals surface area contributed by atoms with Gasteiger partial charge in [0, 0.05) is 24.3 Å². The lowest BCUT2D eigenvalue weighted by Gasteiger charge is -2.26. The molecule has 1 aliphatic heterocycles. The van der Waals surface area contributed by atoms with Gasteiger partial charge in [0.1, 0.15) is 0 Å². The second-order valence-electron chi connectivity index (χ2n) is 5.78. The molecule has 1 amide bonds. The smallest absolute Gasteiger partial charge is 0.274 e. The van der Waals surface area contributed by atoms with Crippen LogP contribution in [0.4, 0.5) is 0 Å². The first-order chi connectivity index (χ1) is 10.8. The summed E-state index contributed by atoms with van der Waals surface area (Å²) in [6, 6.07) is 10.1. The number of ether oxygens (including phenoxy) is 1. The van der Waals surface area contributed by atoms with E-state index in [4.69, 9.17) is 4.74 Å². The van der Waals surface area contributed by atoms with Gasteiger partial charge in [0.25, 0.3) is 5.91 Å². The molecule has 1 aromatic heterocycles. The van der Waals surface area contributed by atoms with Crippen molar-refractivity contribution in [2.45, 2.75) is 19.3 Å². The first kappa shape index (κ1) is 13.5. The van der Waals surface area contributed by atoms with E-state index in [1.54, 1.807) is 0 Å². The number of morpholine rings is 1. The van der Waals surface area contributed by atoms with Gasteiger partial charge in [0.2, 0.25) is 0 Å². The molecule has 0 unspecified atom stereocenters. The molecule has 0 spiro atoms. The second kappa shape index (κ2) is 5.57. The van der Waals surface area contributed by atoms with Crippen LogP contribution in [0.25, 0.3) is 5.69 Å². The summed E-state index contributed by atoms with van der Waals surface area (Å²) in [6.07, 6.45) is 3.05. The minimum atomic E-state index is 0.0520. The average Bonchev–Trinajstić information content (AvgIpc) is 3.18. The number of fused-ring (bicyclic) bond motifs is 1. The molecule has 4 rings (SSSR count). The minimum Gasteiger partial charge on any atom is -0.378 e. The van der Waals surface area contributed by atoms with Crippen LogP contribution in [-0.4, -0.2) is 46.9 Å². The van der Waals surface area contributed by atoms with Crippen molar-refractivity contribution >= 4 is 5.91 Å². The quantitative estimate of drug-likeness (QED) is 0.849. The number of amides is 1. The first-order valence-electron chi connectivity index (χ1n) is 7.88. The number of carbonyl (C=O) groups excluding carboxylic acids is 1. The molecule has 1 saturated heterocycles. The lowest BCUT2D eigenvalue weighted by molar-refractivity contribution is 0.0298. The number of hydrogen-bond donors (Lipinski definition) is 0. The Morgan fingerprint density at radius 1 is 1.09 bits per heavy atom. The number of para-hydroxylation sites is 1. The summed E-state index contributed by atoms with van der Waals surface area (Å²) in [4.78, 5) is 14.7. The highest BCUT2D eigenvalue weighted by Crippen LogP contribution is 2.28. The molecule has 2 aromatic rings. The highest BCUT2D eigenvalue weighted by atomic mass is 16.5. The largest absolute Gasteiger partial charge is 0.378 e. The third kappa shape index (κ3) is 2.22. The van der Waals surface area contributed by atoms with Gasteiger partial charge >= 0.3 is 0 Å². The predicted molar refractivity (Wildman–Crippen MR) is 82.3 cm³/mol. The van der Waals surface area contributed by atoms with Crippen molar-refractivity contribution in [1.82, 2.24) is 14.7 Å². The van der Waals surface area contributed by atoms with Gasteiger partial charge in [-0.15, -0.1) is 0 Å². The van der Waals surface area contributed by atoms with Gasteiger partial charge in [0.15, 0.2) is 5.69 Å². The summed E-state index contributed by atoms with van der Waals surface area (Å²) in [7, 11) is 0. The fourth-order valence-corrected chi connectivity index (χ4v) is 3.31. The zero-order chi connectivity index (χ0) is 14.9. The molecule has 5 nitrogen and oxygen atoms in total. The van der Waals surface area contributed by atoms with Crippen LogP contribution in [0, 0.1) is 0 Å². The molecule has 0 radical (unpaired) electrons. The maximum atomic E-state index is 12.8. The maximum absolute atomic E-state index is 12.8. The Kier molecular flexibility index (Phi) is 3.42. The third-order valence-corrected chi connectivity index (χ3v) is 4.43. The molecule has 114 valence electrons. The van der Waals surface area contributed by atoms with Crippen LogP contribution < -0.4 is 0 Å². The van der Waals surface area contributed by atoms with E-state index in [2.05, 4.69) is 5.10 Å². The second-order valence-corrected chi connectivity index (χ2v) is 5.78. The highest BCUT2D eigenvalue weighted by molar-refractivity contribution is 5.94. The number of benzene rings is 1. The summed E-state index contributed by atoms with van der Waals surface area (Å²) in [5, 5.41) is 4.66. The van der Waals surface area contributed by atoms with Crippen molar-refractivity contribution in [2.75, 3.05) is 26.3 Å². The van der Waals surface area contributed by atoms with Crippen LogP contribution in [-0.2, 0) is 17.6 Å². The summed E-state index contributed by atoms with van der Waals surface area (Å²) >= 11 is 0. The van der Waals surface area contributed by atoms with Crippen molar-refractivity contribution in [1.29, 1.82) is 0 Å². The molecule has 0 bridgehead atoms. The van der Waals surface area contributed by atoms with E-state index < -0.39 is 0 Å². The van der Waals surface area contributed by atoms with Gasteiger partial charge in [-0.2, -0.15) is 5.10 Å². The molecule has 0 saturated carbocycles. The lowest BCUT2D eigenvalue weighted by atomic mass is 10.2. The van der Waals surface area contributed by atoms with E-state index in [1.807, 2.05) is 39.9 Å². The summed E-state index contributed by atoms with van der Waals surface area (Å²) < 4.78 is 7.29. The van der Waals surface area contributed by atoms with Gasteiger partial charge in [-0.25, -0.2) is 4.68 Å². The fraction of sp³-hybridized carbons (Fsp3) is 0.412. The van der Waals surface area contributed by atoms with Crippen molar-refractivity contribution in [3.05, 3.63) is 47.3 Å².